The molecule has 0 radical (unpaired) electrons. The molecule has 1 amide bonds. The van der Waals surface area contributed by atoms with Gasteiger partial charge in [-0.15, -0.1) is 23.1 Å². The van der Waals surface area contributed by atoms with E-state index >= 15 is 0 Å². The first kappa shape index (κ1) is 19.7. The van der Waals surface area contributed by atoms with Crippen LogP contribution in [0.5, 0.6) is 0 Å². The van der Waals surface area contributed by atoms with Crippen LogP contribution in [0.3, 0.4) is 0 Å². The largest absolute Gasteiger partial charge is 0.376 e. The van der Waals surface area contributed by atoms with Crippen LogP contribution in [0.25, 0.3) is 0 Å². The van der Waals surface area contributed by atoms with Crippen molar-refractivity contribution in [3.8, 4) is 0 Å². The predicted molar refractivity (Wildman–Crippen MR) is 117 cm³/mol. The predicted octanol–water partition coefficient (Wildman–Crippen LogP) is 5.72. The summed E-state index contributed by atoms with van der Waals surface area (Å²) in [5.74, 6) is 0.664. The van der Waals surface area contributed by atoms with Crippen molar-refractivity contribution in [1.29, 1.82) is 0 Å². The third-order valence-electron chi connectivity index (χ3n) is 3.86. The summed E-state index contributed by atoms with van der Waals surface area (Å²) in [4.78, 5) is 20.1. The van der Waals surface area contributed by atoms with E-state index in [1.807, 2.05) is 62.3 Å². The molecule has 0 atom stereocenters. The molecule has 0 aliphatic heterocycles. The minimum Gasteiger partial charge on any atom is -0.376 e. The van der Waals surface area contributed by atoms with E-state index in [1.165, 1.54) is 0 Å². The Kier molecular flexibility index (Phi) is 6.42. The van der Waals surface area contributed by atoms with Crippen molar-refractivity contribution in [3.05, 3.63) is 69.1 Å². The molecule has 0 saturated heterocycles. The summed E-state index contributed by atoms with van der Waals surface area (Å²) in [6.45, 7) is 2.01. The number of hydrogen-bond acceptors (Lipinski definition) is 5. The molecule has 0 bridgehead atoms. The van der Waals surface area contributed by atoms with E-state index in [0.717, 1.165) is 27.0 Å². The topological polar surface area (TPSA) is 45.2 Å². The van der Waals surface area contributed by atoms with Crippen LogP contribution in [-0.4, -0.2) is 25.0 Å². The standard InChI is InChI=1S/C20H20ClN3OS2/c1-13-22-16(11-26-13)12-27-17-7-4-14(5-8-17)20(25)23-18-10-15(21)6-9-19(18)24(2)3/h4-11H,12H2,1-3H3,(H,23,25). The number of anilines is 2. The first-order valence-corrected chi connectivity index (χ1v) is 10.6. The number of thiazole rings is 1. The van der Waals surface area contributed by atoms with Gasteiger partial charge in [0.2, 0.25) is 0 Å². The molecule has 1 heterocycles. The first-order valence-electron chi connectivity index (χ1n) is 8.34. The number of halogens is 1. The number of rotatable bonds is 6. The van der Waals surface area contributed by atoms with Gasteiger partial charge < -0.3 is 10.2 Å². The third-order valence-corrected chi connectivity index (χ3v) is 5.96. The van der Waals surface area contributed by atoms with Gasteiger partial charge in [0, 0.05) is 40.7 Å². The van der Waals surface area contributed by atoms with E-state index in [9.17, 15) is 4.79 Å². The number of aromatic nitrogens is 1. The molecule has 140 valence electrons. The highest BCUT2D eigenvalue weighted by molar-refractivity contribution is 7.98. The van der Waals surface area contributed by atoms with Crippen molar-refractivity contribution in [3.63, 3.8) is 0 Å². The van der Waals surface area contributed by atoms with Gasteiger partial charge in [-0.25, -0.2) is 4.98 Å². The fourth-order valence-electron chi connectivity index (χ4n) is 2.53. The molecule has 0 aliphatic rings. The number of nitrogens with one attached hydrogen (secondary N) is 1. The Bertz CT molecular complexity index is 939. The van der Waals surface area contributed by atoms with Crippen LogP contribution in [0.15, 0.2) is 52.7 Å². The van der Waals surface area contributed by atoms with Gasteiger partial charge in [-0.05, 0) is 49.4 Å². The van der Waals surface area contributed by atoms with Crippen LogP contribution in [0, 0.1) is 6.92 Å². The van der Waals surface area contributed by atoms with Gasteiger partial charge in [0.15, 0.2) is 0 Å². The second-order valence-electron chi connectivity index (χ2n) is 6.18. The maximum absolute atomic E-state index is 12.6. The Morgan fingerprint density at radius 2 is 1.96 bits per heavy atom. The molecule has 1 N–H and O–H groups in total. The van der Waals surface area contributed by atoms with E-state index in [2.05, 4.69) is 15.7 Å². The summed E-state index contributed by atoms with van der Waals surface area (Å²) < 4.78 is 0. The molecule has 2 aromatic carbocycles. The summed E-state index contributed by atoms with van der Waals surface area (Å²) in [6.07, 6.45) is 0. The van der Waals surface area contributed by atoms with Crippen LogP contribution in [-0.2, 0) is 5.75 Å². The Morgan fingerprint density at radius 1 is 1.22 bits per heavy atom. The molecule has 0 aliphatic carbocycles. The van der Waals surface area contributed by atoms with Gasteiger partial charge in [-0.1, -0.05) is 11.6 Å². The number of aryl methyl sites for hydroxylation is 1. The van der Waals surface area contributed by atoms with Crippen molar-refractivity contribution < 1.29 is 4.79 Å². The lowest BCUT2D eigenvalue weighted by molar-refractivity contribution is 0.102. The Morgan fingerprint density at radius 3 is 2.59 bits per heavy atom. The van der Waals surface area contributed by atoms with Crippen molar-refractivity contribution in [1.82, 2.24) is 4.98 Å². The summed E-state index contributed by atoms with van der Waals surface area (Å²) in [6, 6.07) is 13.1. The first-order chi connectivity index (χ1) is 12.9. The lowest BCUT2D eigenvalue weighted by atomic mass is 10.2. The number of carbonyl (C=O) groups is 1. The smallest absolute Gasteiger partial charge is 0.255 e. The van der Waals surface area contributed by atoms with Crippen LogP contribution in [0.2, 0.25) is 5.02 Å². The van der Waals surface area contributed by atoms with Crippen molar-refractivity contribution >= 4 is 52.0 Å². The average molecular weight is 418 g/mol. The molecule has 0 fully saturated rings. The van der Waals surface area contributed by atoms with Gasteiger partial charge in [-0.3, -0.25) is 4.79 Å². The molecule has 3 aromatic rings. The maximum atomic E-state index is 12.6. The number of benzene rings is 2. The lowest BCUT2D eigenvalue weighted by Crippen LogP contribution is -2.16. The summed E-state index contributed by atoms with van der Waals surface area (Å²) >= 11 is 9.45. The van der Waals surface area contributed by atoms with E-state index in [0.29, 0.717) is 16.3 Å². The van der Waals surface area contributed by atoms with Crippen molar-refractivity contribution in [2.45, 2.75) is 17.6 Å². The number of nitrogens with zero attached hydrogens (tertiary/aromatic N) is 2. The molecule has 7 heteroatoms. The monoisotopic (exact) mass is 417 g/mol. The fraction of sp³-hybridized carbons (Fsp3) is 0.200. The van der Waals surface area contributed by atoms with E-state index in [-0.39, 0.29) is 5.91 Å². The molecule has 27 heavy (non-hydrogen) atoms. The molecule has 0 spiro atoms. The number of amides is 1. The highest BCUT2D eigenvalue weighted by Crippen LogP contribution is 2.29. The van der Waals surface area contributed by atoms with Crippen LogP contribution in [0.1, 0.15) is 21.1 Å². The molecule has 4 nitrogen and oxygen atoms in total. The highest BCUT2D eigenvalue weighted by Gasteiger charge is 2.11. The second-order valence-corrected chi connectivity index (χ2v) is 8.73. The summed E-state index contributed by atoms with van der Waals surface area (Å²) in [7, 11) is 3.85. The molecular weight excluding hydrogens is 398 g/mol. The normalized spacial score (nSPS) is 10.7. The number of thioether (sulfide) groups is 1. The maximum Gasteiger partial charge on any atom is 0.255 e. The minimum absolute atomic E-state index is 0.160. The molecular formula is C20H20ClN3OS2. The van der Waals surface area contributed by atoms with Crippen LogP contribution < -0.4 is 10.2 Å². The van der Waals surface area contributed by atoms with Crippen molar-refractivity contribution in [2.75, 3.05) is 24.3 Å². The Hall–Kier alpha value is -2.02. The fourth-order valence-corrected chi connectivity index (χ4v) is 4.21. The lowest BCUT2D eigenvalue weighted by Gasteiger charge is -2.18. The molecule has 0 saturated carbocycles. The van der Waals surface area contributed by atoms with Crippen LogP contribution in [0.4, 0.5) is 11.4 Å². The number of carbonyl (C=O) groups excluding carboxylic acids is 1. The second kappa shape index (κ2) is 8.78. The third kappa shape index (κ3) is 5.25. The van der Waals surface area contributed by atoms with Gasteiger partial charge in [0.05, 0.1) is 22.1 Å². The zero-order valence-corrected chi connectivity index (χ0v) is 17.7. The molecule has 1 aromatic heterocycles. The zero-order chi connectivity index (χ0) is 19.4. The Balaban J connectivity index is 1.66. The quantitative estimate of drug-likeness (QED) is 0.521. The van der Waals surface area contributed by atoms with Gasteiger partial charge >= 0.3 is 0 Å². The minimum atomic E-state index is -0.160. The zero-order valence-electron chi connectivity index (χ0n) is 15.3. The number of hydrogen-bond donors (Lipinski definition) is 1. The Labute approximate surface area is 172 Å². The van der Waals surface area contributed by atoms with Gasteiger partial charge in [0.25, 0.3) is 5.91 Å². The summed E-state index contributed by atoms with van der Waals surface area (Å²) in [5, 5.41) is 6.69. The van der Waals surface area contributed by atoms with E-state index in [1.54, 1.807) is 29.2 Å². The van der Waals surface area contributed by atoms with Gasteiger partial charge in [0.1, 0.15) is 0 Å². The van der Waals surface area contributed by atoms with Crippen molar-refractivity contribution in [2.24, 2.45) is 0 Å². The van der Waals surface area contributed by atoms with Crippen LogP contribution >= 0.6 is 34.7 Å². The SMILES string of the molecule is Cc1nc(CSc2ccc(C(=O)Nc3cc(Cl)ccc3N(C)C)cc2)cs1. The highest BCUT2D eigenvalue weighted by atomic mass is 35.5. The van der Waals surface area contributed by atoms with E-state index in [4.69, 9.17) is 11.6 Å². The van der Waals surface area contributed by atoms with E-state index < -0.39 is 0 Å². The van der Waals surface area contributed by atoms with Gasteiger partial charge in [-0.2, -0.15) is 0 Å². The summed E-state index contributed by atoms with van der Waals surface area (Å²) in [5.41, 5.74) is 3.28. The average Bonchev–Trinajstić information content (AvgIpc) is 3.05. The molecule has 3 rings (SSSR count). The molecule has 0 unspecified atom stereocenters.